The summed E-state index contributed by atoms with van der Waals surface area (Å²) in [6, 6.07) is 15.9. The second-order valence-electron chi connectivity index (χ2n) is 8.10. The van der Waals surface area contributed by atoms with E-state index in [0.717, 1.165) is 10.4 Å². The van der Waals surface area contributed by atoms with Crippen LogP contribution < -0.4 is 10.5 Å². The molecule has 178 valence electrons. The minimum Gasteiger partial charge on any atom is -0.480 e. The number of carboxylic acid groups (broad SMARTS) is 1. The molecule has 1 unspecified atom stereocenters. The molecule has 0 bridgehead atoms. The molecule has 1 saturated heterocycles. The molecule has 1 atom stereocenters. The van der Waals surface area contributed by atoms with Crippen molar-refractivity contribution in [2.45, 2.75) is 23.0 Å². The van der Waals surface area contributed by atoms with Crippen LogP contribution in [0, 0.1) is 11.6 Å². The van der Waals surface area contributed by atoms with Crippen LogP contribution in [0.25, 0.3) is 0 Å². The van der Waals surface area contributed by atoms with Crippen LogP contribution in [-0.4, -0.2) is 42.9 Å². The maximum absolute atomic E-state index is 14.7. The quantitative estimate of drug-likeness (QED) is 0.505. The Labute approximate surface area is 195 Å². The molecule has 1 fully saturated rings. The summed E-state index contributed by atoms with van der Waals surface area (Å²) in [6.45, 7) is -0.405. The van der Waals surface area contributed by atoms with Crippen molar-refractivity contribution in [1.29, 1.82) is 0 Å². The van der Waals surface area contributed by atoms with Gasteiger partial charge < -0.3 is 15.6 Å². The standard InChI is InChI=1S/C24H22F2N2O5S/c25-17-6-4-7-18(13-17)33-24(20-9-1-2-10-21(20)26)14-28(15-24)34(31,32)19-8-3-5-16(11-19)12-22(27)23(29)30/h1-11,13,22H,12,14-15,27H2,(H,29,30). The topological polar surface area (TPSA) is 110 Å². The molecular weight excluding hydrogens is 466 g/mol. The number of nitrogens with zero attached hydrogens (tertiary/aromatic N) is 1. The third-order valence-electron chi connectivity index (χ3n) is 5.65. The van der Waals surface area contributed by atoms with E-state index in [4.69, 9.17) is 15.6 Å². The van der Waals surface area contributed by atoms with Crippen LogP contribution in [0.1, 0.15) is 11.1 Å². The van der Waals surface area contributed by atoms with Crippen LogP contribution in [-0.2, 0) is 26.8 Å². The van der Waals surface area contributed by atoms with E-state index in [1.807, 2.05) is 0 Å². The van der Waals surface area contributed by atoms with Gasteiger partial charge in [-0.3, -0.25) is 4.79 Å². The van der Waals surface area contributed by atoms with Crippen molar-refractivity contribution in [2.75, 3.05) is 13.1 Å². The molecule has 3 aromatic rings. The molecule has 0 radical (unpaired) electrons. The zero-order valence-electron chi connectivity index (χ0n) is 17.9. The van der Waals surface area contributed by atoms with Gasteiger partial charge in [-0.15, -0.1) is 0 Å². The Morgan fingerprint density at radius 1 is 1.06 bits per heavy atom. The monoisotopic (exact) mass is 488 g/mol. The number of ether oxygens (including phenoxy) is 1. The fourth-order valence-corrected chi connectivity index (χ4v) is 5.50. The predicted octanol–water partition coefficient (Wildman–Crippen LogP) is 2.90. The summed E-state index contributed by atoms with van der Waals surface area (Å²) < 4.78 is 62.0. The molecule has 3 N–H and O–H groups in total. The second kappa shape index (κ2) is 9.13. The minimum atomic E-state index is -4.00. The highest BCUT2D eigenvalue weighted by molar-refractivity contribution is 7.89. The molecule has 3 aromatic carbocycles. The lowest BCUT2D eigenvalue weighted by Crippen LogP contribution is -2.64. The van der Waals surface area contributed by atoms with Gasteiger partial charge in [-0.05, 0) is 42.3 Å². The number of aliphatic carboxylic acids is 1. The Morgan fingerprint density at radius 3 is 2.44 bits per heavy atom. The van der Waals surface area contributed by atoms with E-state index in [-0.39, 0.29) is 35.7 Å². The highest BCUT2D eigenvalue weighted by Crippen LogP contribution is 2.41. The van der Waals surface area contributed by atoms with Gasteiger partial charge in [0, 0.05) is 11.6 Å². The van der Waals surface area contributed by atoms with Crippen molar-refractivity contribution < 1.29 is 31.8 Å². The number of benzene rings is 3. The summed E-state index contributed by atoms with van der Waals surface area (Å²) in [5, 5.41) is 9.01. The summed E-state index contributed by atoms with van der Waals surface area (Å²) in [5.41, 5.74) is 4.82. The first-order valence-electron chi connectivity index (χ1n) is 10.4. The van der Waals surface area contributed by atoms with Crippen LogP contribution in [0.2, 0.25) is 0 Å². The summed E-state index contributed by atoms with van der Waals surface area (Å²) in [5.74, 6) is -2.16. The Morgan fingerprint density at radius 2 is 1.76 bits per heavy atom. The summed E-state index contributed by atoms with van der Waals surface area (Å²) in [4.78, 5) is 11.0. The van der Waals surface area contributed by atoms with Crippen molar-refractivity contribution in [3.8, 4) is 5.75 Å². The molecule has 34 heavy (non-hydrogen) atoms. The van der Waals surface area contributed by atoms with Gasteiger partial charge >= 0.3 is 5.97 Å². The fraction of sp³-hybridized carbons (Fsp3) is 0.208. The van der Waals surface area contributed by atoms with E-state index in [9.17, 15) is 22.0 Å². The first-order chi connectivity index (χ1) is 16.1. The number of hydrogen-bond donors (Lipinski definition) is 2. The van der Waals surface area contributed by atoms with Crippen molar-refractivity contribution in [2.24, 2.45) is 5.73 Å². The molecule has 10 heteroatoms. The SMILES string of the molecule is NC(Cc1cccc(S(=O)(=O)N2CC(Oc3cccc(F)c3)(c3ccccc3F)C2)c1)C(=O)O. The number of carbonyl (C=O) groups is 1. The van der Waals surface area contributed by atoms with E-state index in [0.29, 0.717) is 5.56 Å². The number of carboxylic acids is 1. The first kappa shape index (κ1) is 23.8. The highest BCUT2D eigenvalue weighted by Gasteiger charge is 2.53. The second-order valence-corrected chi connectivity index (χ2v) is 10.0. The predicted molar refractivity (Wildman–Crippen MR) is 120 cm³/mol. The largest absolute Gasteiger partial charge is 0.480 e. The molecule has 0 amide bonds. The van der Waals surface area contributed by atoms with Crippen LogP contribution in [0.5, 0.6) is 5.75 Å². The van der Waals surface area contributed by atoms with Gasteiger partial charge in [0.2, 0.25) is 10.0 Å². The van der Waals surface area contributed by atoms with Gasteiger partial charge in [-0.25, -0.2) is 17.2 Å². The third-order valence-corrected chi connectivity index (χ3v) is 7.43. The van der Waals surface area contributed by atoms with Gasteiger partial charge in [0.1, 0.15) is 23.4 Å². The van der Waals surface area contributed by atoms with Gasteiger partial charge in [-0.2, -0.15) is 4.31 Å². The van der Waals surface area contributed by atoms with E-state index in [1.54, 1.807) is 12.1 Å². The van der Waals surface area contributed by atoms with Gasteiger partial charge in [0.15, 0.2) is 5.60 Å². The Bertz CT molecular complexity index is 1330. The molecule has 1 heterocycles. The third kappa shape index (κ3) is 4.65. The molecule has 0 aliphatic carbocycles. The number of nitrogens with two attached hydrogens (primary N) is 1. The summed E-state index contributed by atoms with van der Waals surface area (Å²) in [6.07, 6.45) is -0.0411. The maximum atomic E-state index is 14.7. The number of hydrogen-bond acceptors (Lipinski definition) is 5. The molecule has 0 aromatic heterocycles. The number of halogens is 2. The Kier molecular flexibility index (Phi) is 6.39. The molecule has 7 nitrogen and oxygen atoms in total. The zero-order valence-corrected chi connectivity index (χ0v) is 18.7. The normalized spacial score (nSPS) is 16.4. The first-order valence-corrected chi connectivity index (χ1v) is 11.8. The van der Waals surface area contributed by atoms with Gasteiger partial charge in [-0.1, -0.05) is 36.4 Å². The smallest absolute Gasteiger partial charge is 0.320 e. The molecule has 1 aliphatic rings. The Hall–Kier alpha value is -3.34. The number of rotatable bonds is 8. The average Bonchev–Trinajstić information content (AvgIpc) is 2.76. The fourth-order valence-electron chi connectivity index (χ4n) is 3.89. The number of sulfonamides is 1. The summed E-state index contributed by atoms with van der Waals surface area (Å²) >= 11 is 0. The van der Waals surface area contributed by atoms with Crippen LogP contribution >= 0.6 is 0 Å². The summed E-state index contributed by atoms with van der Waals surface area (Å²) in [7, 11) is -4.00. The van der Waals surface area contributed by atoms with E-state index in [1.165, 1.54) is 54.6 Å². The lowest BCUT2D eigenvalue weighted by atomic mass is 9.87. The van der Waals surface area contributed by atoms with Crippen molar-refractivity contribution in [3.63, 3.8) is 0 Å². The molecule has 1 aliphatic heterocycles. The van der Waals surface area contributed by atoms with Gasteiger partial charge in [0.05, 0.1) is 18.0 Å². The lowest BCUT2D eigenvalue weighted by molar-refractivity contribution is -0.138. The van der Waals surface area contributed by atoms with Crippen molar-refractivity contribution in [1.82, 2.24) is 4.31 Å². The van der Waals surface area contributed by atoms with Crippen LogP contribution in [0.3, 0.4) is 0 Å². The van der Waals surface area contributed by atoms with Gasteiger partial charge in [0.25, 0.3) is 0 Å². The molecule has 0 saturated carbocycles. The van der Waals surface area contributed by atoms with E-state index >= 15 is 0 Å². The lowest BCUT2D eigenvalue weighted by Gasteiger charge is -2.48. The van der Waals surface area contributed by atoms with Crippen molar-refractivity contribution >= 4 is 16.0 Å². The maximum Gasteiger partial charge on any atom is 0.320 e. The van der Waals surface area contributed by atoms with E-state index in [2.05, 4.69) is 0 Å². The highest BCUT2D eigenvalue weighted by atomic mass is 32.2. The Balaban J connectivity index is 1.62. The minimum absolute atomic E-state index is 0.0411. The van der Waals surface area contributed by atoms with Crippen molar-refractivity contribution in [3.05, 3.63) is 95.6 Å². The van der Waals surface area contributed by atoms with Crippen LogP contribution in [0.15, 0.2) is 77.7 Å². The average molecular weight is 489 g/mol. The zero-order chi connectivity index (χ0) is 24.5. The molecular formula is C24H22F2N2O5S. The molecule has 0 spiro atoms. The molecule has 4 rings (SSSR count). The van der Waals surface area contributed by atoms with Crippen LogP contribution in [0.4, 0.5) is 8.78 Å². The van der Waals surface area contributed by atoms with E-state index < -0.39 is 39.3 Å².